The first-order chi connectivity index (χ1) is 24.3. The number of nitrogens with one attached hydrogen (secondary N) is 1. The quantitative estimate of drug-likeness (QED) is 0.138. The van der Waals surface area contributed by atoms with Crippen LogP contribution in [0.5, 0.6) is 5.75 Å². The van der Waals surface area contributed by atoms with Gasteiger partial charge in [0.15, 0.2) is 10.9 Å². The van der Waals surface area contributed by atoms with E-state index in [1.165, 1.54) is 31.0 Å². The molecule has 1 atom stereocenters. The largest absolute Gasteiger partial charge is 0.487 e. The van der Waals surface area contributed by atoms with Crippen LogP contribution >= 0.6 is 12.2 Å². The molecule has 1 unspecified atom stereocenters. The second-order valence-electron chi connectivity index (χ2n) is 13.8. The van der Waals surface area contributed by atoms with Gasteiger partial charge >= 0.3 is 6.18 Å². The molecule has 1 N–H and O–H groups in total. The number of alkyl halides is 3. The normalized spacial score (nSPS) is 15.1. The molecule has 1 saturated heterocycles. The molecular formula is C36H36F4N8O3S. The summed E-state index contributed by atoms with van der Waals surface area (Å²) in [6.07, 6.45) is -1.73. The second-order valence-corrected chi connectivity index (χ2v) is 14.2. The van der Waals surface area contributed by atoms with E-state index in [0.717, 1.165) is 17.7 Å². The number of rotatable bonds is 10. The molecule has 2 aromatic carbocycles. The summed E-state index contributed by atoms with van der Waals surface area (Å²) in [5.74, 6) is -2.02. The highest BCUT2D eigenvalue weighted by Gasteiger charge is 2.52. The van der Waals surface area contributed by atoms with E-state index in [0.29, 0.717) is 34.3 Å². The number of thiocarbonyl (C=S) groups is 1. The molecule has 1 fully saturated rings. The highest BCUT2D eigenvalue weighted by Crippen LogP contribution is 2.42. The second kappa shape index (κ2) is 14.3. The van der Waals surface area contributed by atoms with Crippen LogP contribution in [-0.4, -0.2) is 48.5 Å². The SMILES string of the molecule is CC(NC(=O)CCn1cc(COc2ccc(-c3ccc(N4C(=S)N(c5ccc(C#N)c(C(F)(F)F)c5F)C(=O)C4(C)C)cn3)cc2)nn1)C(C)(C)C. The number of benzene rings is 2. The Labute approximate surface area is 303 Å². The lowest BCUT2D eigenvalue weighted by Crippen LogP contribution is -2.44. The third-order valence-corrected chi connectivity index (χ3v) is 9.17. The summed E-state index contributed by atoms with van der Waals surface area (Å²) in [6.45, 7) is 11.7. The molecule has 0 radical (unpaired) electrons. The van der Waals surface area contributed by atoms with Crippen LogP contribution in [0.3, 0.4) is 0 Å². The molecule has 2 aromatic heterocycles. The molecular weight excluding hydrogens is 701 g/mol. The average molecular weight is 737 g/mol. The number of aromatic nitrogens is 4. The van der Waals surface area contributed by atoms with Gasteiger partial charge in [-0.1, -0.05) is 26.0 Å². The molecule has 3 heterocycles. The zero-order valence-corrected chi connectivity index (χ0v) is 30.1. The van der Waals surface area contributed by atoms with Gasteiger partial charge in [0.1, 0.15) is 29.2 Å². The standard InChI is InChI=1S/C36H36F4N8O3S/c1-21(34(2,3)4)43-29(49)15-16-46-19-24(44-45-46)20-51-26-11-7-22(8-12-26)27-13-10-25(18-42-27)48-33(52)47(32(50)35(48,5)6)28-14-9-23(17-41)30(31(28)37)36(38,39)40/h7-14,18-19,21H,15-16,20H2,1-6H3,(H,43,49). The molecule has 16 heteroatoms. The van der Waals surface area contributed by atoms with Gasteiger partial charge in [0.25, 0.3) is 5.91 Å². The van der Waals surface area contributed by atoms with Gasteiger partial charge in [-0.15, -0.1) is 5.10 Å². The maximum atomic E-state index is 15.3. The van der Waals surface area contributed by atoms with Gasteiger partial charge in [-0.25, -0.2) is 4.39 Å². The predicted molar refractivity (Wildman–Crippen MR) is 188 cm³/mol. The summed E-state index contributed by atoms with van der Waals surface area (Å²) in [6, 6.07) is 13.6. The summed E-state index contributed by atoms with van der Waals surface area (Å²) in [7, 11) is 0. The maximum absolute atomic E-state index is 15.3. The Morgan fingerprint density at radius 2 is 1.79 bits per heavy atom. The number of aryl methyl sites for hydroxylation is 1. The van der Waals surface area contributed by atoms with Crippen LogP contribution in [0.4, 0.5) is 28.9 Å². The summed E-state index contributed by atoms with van der Waals surface area (Å²) in [5, 5.41) is 20.1. The van der Waals surface area contributed by atoms with Crippen molar-refractivity contribution in [2.24, 2.45) is 5.41 Å². The van der Waals surface area contributed by atoms with E-state index < -0.39 is 40.3 Å². The number of hydrogen-bond acceptors (Lipinski definition) is 8. The van der Waals surface area contributed by atoms with Gasteiger partial charge in [0.2, 0.25) is 5.91 Å². The molecule has 0 saturated carbocycles. The predicted octanol–water partition coefficient (Wildman–Crippen LogP) is 6.81. The maximum Gasteiger partial charge on any atom is 0.420 e. The van der Waals surface area contributed by atoms with E-state index in [2.05, 4.69) is 41.4 Å². The summed E-state index contributed by atoms with van der Waals surface area (Å²) >= 11 is 5.51. The molecule has 0 spiro atoms. The number of anilines is 2. The van der Waals surface area contributed by atoms with Crippen LogP contribution in [0.2, 0.25) is 0 Å². The minimum Gasteiger partial charge on any atom is -0.487 e. The third kappa shape index (κ3) is 7.74. The van der Waals surface area contributed by atoms with Crippen molar-refractivity contribution in [3.8, 4) is 23.1 Å². The van der Waals surface area contributed by atoms with E-state index >= 15 is 4.39 Å². The van der Waals surface area contributed by atoms with E-state index in [9.17, 15) is 22.8 Å². The number of carbonyl (C=O) groups excluding carboxylic acids is 2. The summed E-state index contributed by atoms with van der Waals surface area (Å²) in [5.41, 5.74) is -2.59. The van der Waals surface area contributed by atoms with Crippen molar-refractivity contribution >= 4 is 40.5 Å². The van der Waals surface area contributed by atoms with Crippen molar-refractivity contribution in [1.82, 2.24) is 25.3 Å². The molecule has 4 aromatic rings. The van der Waals surface area contributed by atoms with Crippen molar-refractivity contribution in [3.05, 3.63) is 83.6 Å². The molecule has 5 rings (SSSR count). The van der Waals surface area contributed by atoms with Crippen LogP contribution in [0.1, 0.15) is 64.8 Å². The lowest BCUT2D eigenvalue weighted by molar-refractivity contribution is -0.140. The first-order valence-electron chi connectivity index (χ1n) is 16.2. The number of nitrogens with zero attached hydrogens (tertiary/aromatic N) is 7. The van der Waals surface area contributed by atoms with Gasteiger partial charge in [-0.2, -0.15) is 18.4 Å². The Kier molecular flexibility index (Phi) is 10.4. The number of nitriles is 1. The van der Waals surface area contributed by atoms with Crippen LogP contribution in [-0.2, 0) is 28.9 Å². The Balaban J connectivity index is 1.23. The molecule has 0 bridgehead atoms. The van der Waals surface area contributed by atoms with Crippen molar-refractivity contribution < 1.29 is 31.9 Å². The lowest BCUT2D eigenvalue weighted by atomic mass is 9.88. The fourth-order valence-corrected chi connectivity index (χ4v) is 5.89. The summed E-state index contributed by atoms with van der Waals surface area (Å²) < 4.78 is 63.8. The number of amides is 2. The van der Waals surface area contributed by atoms with Gasteiger partial charge in [-0.05, 0) is 86.9 Å². The van der Waals surface area contributed by atoms with Gasteiger partial charge in [0.05, 0.1) is 47.6 Å². The van der Waals surface area contributed by atoms with Crippen molar-refractivity contribution in [1.29, 1.82) is 5.26 Å². The zero-order valence-electron chi connectivity index (χ0n) is 29.2. The number of carbonyl (C=O) groups is 2. The van der Waals surface area contributed by atoms with Crippen LogP contribution < -0.4 is 19.9 Å². The van der Waals surface area contributed by atoms with Gasteiger partial charge in [-0.3, -0.25) is 24.2 Å². The molecule has 0 aliphatic carbocycles. The van der Waals surface area contributed by atoms with E-state index in [-0.39, 0.29) is 35.5 Å². The number of halogens is 4. The van der Waals surface area contributed by atoms with Gasteiger partial charge < -0.3 is 15.0 Å². The van der Waals surface area contributed by atoms with Crippen LogP contribution in [0.25, 0.3) is 11.3 Å². The third-order valence-electron chi connectivity index (χ3n) is 8.81. The van der Waals surface area contributed by atoms with Crippen molar-refractivity contribution in [2.45, 2.75) is 78.9 Å². The fourth-order valence-electron chi connectivity index (χ4n) is 5.38. The first-order valence-corrected chi connectivity index (χ1v) is 16.6. The van der Waals surface area contributed by atoms with Crippen molar-refractivity contribution in [3.63, 3.8) is 0 Å². The molecule has 52 heavy (non-hydrogen) atoms. The van der Waals surface area contributed by atoms with E-state index in [1.54, 1.807) is 47.3 Å². The molecule has 1 aliphatic rings. The summed E-state index contributed by atoms with van der Waals surface area (Å²) in [4.78, 5) is 32.4. The molecule has 2 amide bonds. The monoisotopic (exact) mass is 736 g/mol. The van der Waals surface area contributed by atoms with Crippen LogP contribution in [0, 0.1) is 22.6 Å². The Morgan fingerprint density at radius 1 is 1.10 bits per heavy atom. The highest BCUT2D eigenvalue weighted by atomic mass is 32.1. The number of pyridine rings is 1. The zero-order chi connectivity index (χ0) is 38.2. The molecule has 11 nitrogen and oxygen atoms in total. The van der Waals surface area contributed by atoms with Crippen LogP contribution in [0.15, 0.2) is 60.9 Å². The van der Waals surface area contributed by atoms with Crippen molar-refractivity contribution in [2.75, 3.05) is 9.80 Å². The minimum atomic E-state index is -5.18. The number of hydrogen-bond donors (Lipinski definition) is 1. The molecule has 1 aliphatic heterocycles. The Hall–Kier alpha value is -5.43. The first kappa shape index (κ1) is 37.8. The fraction of sp³-hybridized carbons (Fsp3) is 0.361. The van der Waals surface area contributed by atoms with E-state index in [1.807, 2.05) is 6.92 Å². The van der Waals surface area contributed by atoms with Gasteiger partial charge in [0, 0.05) is 18.0 Å². The highest BCUT2D eigenvalue weighted by molar-refractivity contribution is 7.81. The Morgan fingerprint density at radius 3 is 2.38 bits per heavy atom. The molecule has 272 valence electrons. The lowest BCUT2D eigenvalue weighted by Gasteiger charge is -2.29. The smallest absolute Gasteiger partial charge is 0.420 e. The average Bonchev–Trinajstić information content (AvgIpc) is 3.60. The van der Waals surface area contributed by atoms with E-state index in [4.69, 9.17) is 22.2 Å². The topological polar surface area (TPSA) is 129 Å². The Bertz CT molecular complexity index is 2030. The minimum absolute atomic E-state index is 0.0276. The number of ether oxygens (including phenoxy) is 1.